The predicted octanol–water partition coefficient (Wildman–Crippen LogP) is 4.50. The molecule has 0 atom stereocenters. The molecule has 1 N–H and O–H groups in total. The van der Waals surface area contributed by atoms with Crippen molar-refractivity contribution in [3.63, 3.8) is 0 Å². The van der Waals surface area contributed by atoms with Gasteiger partial charge in [0.25, 0.3) is 5.91 Å². The zero-order valence-corrected chi connectivity index (χ0v) is 14.9. The van der Waals surface area contributed by atoms with Gasteiger partial charge in [-0.05, 0) is 23.8 Å². The number of benzene rings is 2. The molecule has 0 saturated heterocycles. The lowest BCUT2D eigenvalue weighted by Gasteiger charge is -2.07. The summed E-state index contributed by atoms with van der Waals surface area (Å²) in [4.78, 5) is 12.4. The summed E-state index contributed by atoms with van der Waals surface area (Å²) in [6.45, 7) is 0.448. The van der Waals surface area contributed by atoms with Crippen molar-refractivity contribution >= 4 is 34.9 Å². The highest BCUT2D eigenvalue weighted by Crippen LogP contribution is 2.24. The Morgan fingerprint density at radius 3 is 2.60 bits per heavy atom. The molecule has 128 valence electrons. The van der Waals surface area contributed by atoms with Gasteiger partial charge in [0, 0.05) is 11.2 Å². The minimum absolute atomic E-state index is 0.282. The first-order chi connectivity index (χ1) is 12.1. The molecule has 7 heteroatoms. The predicted molar refractivity (Wildman–Crippen MR) is 98.7 cm³/mol. The van der Waals surface area contributed by atoms with E-state index in [9.17, 15) is 4.79 Å². The maximum atomic E-state index is 12.4. The lowest BCUT2D eigenvalue weighted by Crippen LogP contribution is -2.14. The summed E-state index contributed by atoms with van der Waals surface area (Å²) >= 11 is 12.4. The van der Waals surface area contributed by atoms with Crippen molar-refractivity contribution in [1.29, 1.82) is 0 Å². The molecule has 0 unspecified atom stereocenters. The molecule has 0 bridgehead atoms. The van der Waals surface area contributed by atoms with Crippen molar-refractivity contribution in [2.45, 2.75) is 6.54 Å². The maximum absolute atomic E-state index is 12.4. The van der Waals surface area contributed by atoms with Crippen LogP contribution in [0.5, 0.6) is 5.75 Å². The molecule has 5 nitrogen and oxygen atoms in total. The summed E-state index contributed by atoms with van der Waals surface area (Å²) in [5.74, 6) is 0.415. The number of para-hydroxylation sites is 1. The van der Waals surface area contributed by atoms with Crippen LogP contribution in [0.4, 0.5) is 5.82 Å². The Kier molecular flexibility index (Phi) is 5.26. The number of halogens is 2. The quantitative estimate of drug-likeness (QED) is 0.714. The van der Waals surface area contributed by atoms with E-state index in [1.807, 2.05) is 24.3 Å². The minimum atomic E-state index is -0.345. The lowest BCUT2D eigenvalue weighted by atomic mass is 10.2. The highest BCUT2D eigenvalue weighted by molar-refractivity contribution is 6.33. The van der Waals surface area contributed by atoms with Crippen LogP contribution in [0.3, 0.4) is 0 Å². The van der Waals surface area contributed by atoms with Crippen LogP contribution in [0.1, 0.15) is 15.9 Å². The van der Waals surface area contributed by atoms with Crippen LogP contribution >= 0.6 is 23.2 Å². The average Bonchev–Trinajstić information content (AvgIpc) is 2.96. The molecule has 3 aromatic rings. The van der Waals surface area contributed by atoms with Crippen molar-refractivity contribution in [3.05, 3.63) is 75.9 Å². The Hall–Kier alpha value is -2.50. The van der Waals surface area contributed by atoms with Gasteiger partial charge in [0.1, 0.15) is 10.8 Å². The number of anilines is 1. The van der Waals surface area contributed by atoms with E-state index in [2.05, 4.69) is 10.4 Å². The van der Waals surface area contributed by atoms with Crippen molar-refractivity contribution < 1.29 is 9.53 Å². The number of hydrogen-bond acceptors (Lipinski definition) is 3. The smallest absolute Gasteiger partial charge is 0.260 e. The van der Waals surface area contributed by atoms with Crippen LogP contribution in [0.15, 0.2) is 54.7 Å². The monoisotopic (exact) mass is 375 g/mol. The molecular weight excluding hydrogens is 361 g/mol. The number of methoxy groups -OCH3 is 1. The number of aromatic nitrogens is 2. The third-order valence-electron chi connectivity index (χ3n) is 3.59. The van der Waals surface area contributed by atoms with E-state index in [4.69, 9.17) is 27.9 Å². The maximum Gasteiger partial charge on any atom is 0.260 e. The highest BCUT2D eigenvalue weighted by Gasteiger charge is 2.16. The molecule has 1 amide bonds. The second-order valence-electron chi connectivity index (χ2n) is 5.27. The fourth-order valence-electron chi connectivity index (χ4n) is 2.37. The standard InChI is InChI=1S/C18H15Cl2N3O2/c1-25-16-9-5-3-7-13(16)18(24)21-17-15(20)11-23(22-17)10-12-6-2-4-8-14(12)19/h2-9,11H,10H2,1H3,(H,21,22,24). The molecule has 1 heterocycles. The molecule has 3 rings (SSSR count). The van der Waals surface area contributed by atoms with E-state index in [0.717, 1.165) is 5.56 Å². The van der Waals surface area contributed by atoms with Gasteiger partial charge < -0.3 is 10.1 Å². The number of carbonyl (C=O) groups excluding carboxylic acids is 1. The van der Waals surface area contributed by atoms with Crippen LogP contribution in [-0.2, 0) is 6.54 Å². The van der Waals surface area contributed by atoms with Crippen molar-refractivity contribution in [3.8, 4) is 5.75 Å². The molecule has 0 aliphatic heterocycles. The second kappa shape index (κ2) is 7.59. The van der Waals surface area contributed by atoms with E-state index in [1.165, 1.54) is 7.11 Å². The number of amides is 1. The Morgan fingerprint density at radius 1 is 1.12 bits per heavy atom. The number of nitrogens with one attached hydrogen (secondary N) is 1. The number of carbonyl (C=O) groups is 1. The van der Waals surface area contributed by atoms with Crippen molar-refractivity contribution in [2.24, 2.45) is 0 Å². The molecule has 0 aliphatic rings. The number of rotatable bonds is 5. The molecule has 0 aliphatic carbocycles. The zero-order valence-electron chi connectivity index (χ0n) is 13.4. The molecule has 2 aromatic carbocycles. The first-order valence-electron chi connectivity index (χ1n) is 7.49. The Balaban J connectivity index is 1.79. The average molecular weight is 376 g/mol. The van der Waals surface area contributed by atoms with Crippen LogP contribution < -0.4 is 10.1 Å². The van der Waals surface area contributed by atoms with E-state index in [0.29, 0.717) is 27.9 Å². The third kappa shape index (κ3) is 3.95. The summed E-state index contributed by atoms with van der Waals surface area (Å²) in [7, 11) is 1.51. The zero-order chi connectivity index (χ0) is 17.8. The van der Waals surface area contributed by atoms with Crippen LogP contribution in [0, 0.1) is 0 Å². The van der Waals surface area contributed by atoms with Gasteiger partial charge in [0.05, 0.1) is 19.2 Å². The Labute approximate surface area is 155 Å². The Morgan fingerprint density at radius 2 is 1.84 bits per heavy atom. The largest absolute Gasteiger partial charge is 0.496 e. The Bertz CT molecular complexity index is 909. The molecule has 1 aromatic heterocycles. The van der Waals surface area contributed by atoms with Crippen LogP contribution in [-0.4, -0.2) is 22.8 Å². The van der Waals surface area contributed by atoms with Gasteiger partial charge >= 0.3 is 0 Å². The van der Waals surface area contributed by atoms with Crippen molar-refractivity contribution in [1.82, 2.24) is 9.78 Å². The van der Waals surface area contributed by atoms with Gasteiger partial charge in [-0.1, -0.05) is 53.5 Å². The van der Waals surface area contributed by atoms with Crippen LogP contribution in [0.25, 0.3) is 0 Å². The van der Waals surface area contributed by atoms with E-state index >= 15 is 0 Å². The van der Waals surface area contributed by atoms with Gasteiger partial charge in [-0.25, -0.2) is 0 Å². The molecule has 0 spiro atoms. The molecule has 0 saturated carbocycles. The van der Waals surface area contributed by atoms with Gasteiger partial charge in [0.2, 0.25) is 0 Å². The normalized spacial score (nSPS) is 10.5. The molecule has 0 radical (unpaired) electrons. The molecular formula is C18H15Cl2N3O2. The second-order valence-corrected chi connectivity index (χ2v) is 6.08. The van der Waals surface area contributed by atoms with E-state index in [-0.39, 0.29) is 11.7 Å². The van der Waals surface area contributed by atoms with Gasteiger partial charge in [-0.15, -0.1) is 0 Å². The first-order valence-corrected chi connectivity index (χ1v) is 8.25. The summed E-state index contributed by atoms with van der Waals surface area (Å²) in [5, 5.41) is 8.02. The minimum Gasteiger partial charge on any atom is -0.496 e. The SMILES string of the molecule is COc1ccccc1C(=O)Nc1nn(Cc2ccccc2Cl)cc1Cl. The van der Waals surface area contributed by atoms with Gasteiger partial charge in [-0.2, -0.15) is 5.10 Å². The van der Waals surface area contributed by atoms with Gasteiger partial charge in [-0.3, -0.25) is 9.48 Å². The van der Waals surface area contributed by atoms with Crippen molar-refractivity contribution in [2.75, 3.05) is 12.4 Å². The fourth-order valence-corrected chi connectivity index (χ4v) is 2.76. The van der Waals surface area contributed by atoms with E-state index in [1.54, 1.807) is 35.1 Å². The summed E-state index contributed by atoms with van der Waals surface area (Å²) < 4.78 is 6.82. The number of ether oxygens (including phenoxy) is 1. The van der Waals surface area contributed by atoms with Gasteiger partial charge in [0.15, 0.2) is 5.82 Å². The number of hydrogen-bond donors (Lipinski definition) is 1. The summed E-state index contributed by atoms with van der Waals surface area (Å²) in [5.41, 5.74) is 1.31. The summed E-state index contributed by atoms with van der Waals surface area (Å²) in [6.07, 6.45) is 1.64. The topological polar surface area (TPSA) is 56.1 Å². The van der Waals surface area contributed by atoms with Crippen LogP contribution in [0.2, 0.25) is 10.0 Å². The fraction of sp³-hybridized carbons (Fsp3) is 0.111. The molecule has 25 heavy (non-hydrogen) atoms. The third-order valence-corrected chi connectivity index (χ3v) is 4.24. The molecule has 0 fully saturated rings. The van der Waals surface area contributed by atoms with E-state index < -0.39 is 0 Å². The lowest BCUT2D eigenvalue weighted by molar-refractivity contribution is 0.102. The highest BCUT2D eigenvalue weighted by atomic mass is 35.5. The summed E-state index contributed by atoms with van der Waals surface area (Å²) in [6, 6.07) is 14.4. The first kappa shape index (κ1) is 17.3. The number of nitrogens with zero attached hydrogens (tertiary/aromatic N) is 2.